The van der Waals surface area contributed by atoms with Gasteiger partial charge in [0.15, 0.2) is 0 Å². The molecule has 0 saturated heterocycles. The molecule has 0 aliphatic carbocycles. The van der Waals surface area contributed by atoms with Gasteiger partial charge in [-0.05, 0) is 47.3 Å². The number of hydrogen-bond donors (Lipinski definition) is 2. The molecule has 2 N–H and O–H groups in total. The normalized spacial score (nSPS) is 11.0. The quantitative estimate of drug-likeness (QED) is 0.240. The van der Waals surface area contributed by atoms with Crippen LogP contribution < -0.4 is 10.3 Å². The first-order chi connectivity index (χ1) is 18.2. The molecule has 2 heterocycles. The molecule has 2 aromatic heterocycles. The Balaban J connectivity index is 0.00000156. The van der Waals surface area contributed by atoms with Gasteiger partial charge in [-0.2, -0.15) is 0 Å². The van der Waals surface area contributed by atoms with Gasteiger partial charge >= 0.3 is 0 Å². The number of methoxy groups -OCH3 is 1. The maximum Gasteiger partial charge on any atom is 0.257 e. The minimum absolute atomic E-state index is 0.110. The molecule has 192 valence electrons. The highest BCUT2D eigenvalue weighted by molar-refractivity contribution is 5.89. The van der Waals surface area contributed by atoms with E-state index < -0.39 is 0 Å². The Hall–Kier alpha value is -3.87. The van der Waals surface area contributed by atoms with Crippen LogP contribution in [0, 0.1) is 0 Å². The summed E-state index contributed by atoms with van der Waals surface area (Å²) in [5.74, 6) is 0.807. The Bertz CT molecular complexity index is 1470. The molecule has 5 rings (SSSR count). The topological polar surface area (TPSA) is 70.3 Å². The van der Waals surface area contributed by atoms with Crippen LogP contribution in [-0.2, 0) is 11.3 Å². The number of nitrogens with zero attached hydrogens (tertiary/aromatic N) is 1. The number of para-hydroxylation sites is 1. The van der Waals surface area contributed by atoms with E-state index in [-0.39, 0.29) is 5.56 Å². The van der Waals surface area contributed by atoms with Gasteiger partial charge in [-0.15, -0.1) is 0 Å². The largest absolute Gasteiger partial charge is 0.492 e. The molecule has 0 saturated carbocycles. The molecule has 0 atom stereocenters. The van der Waals surface area contributed by atoms with Crippen molar-refractivity contribution in [1.82, 2.24) is 14.9 Å². The summed E-state index contributed by atoms with van der Waals surface area (Å²) < 4.78 is 11.4. The molecule has 0 unspecified atom stereocenters. The Morgan fingerprint density at radius 1 is 0.757 bits per heavy atom. The predicted octanol–water partition coefficient (Wildman–Crippen LogP) is 6.23. The van der Waals surface area contributed by atoms with Crippen LogP contribution >= 0.6 is 0 Å². The number of fused-ring (bicyclic) bond motifs is 2. The highest BCUT2D eigenvalue weighted by Crippen LogP contribution is 2.27. The van der Waals surface area contributed by atoms with Gasteiger partial charge in [0.1, 0.15) is 12.4 Å². The summed E-state index contributed by atoms with van der Waals surface area (Å²) in [6.07, 6.45) is 0. The molecule has 0 spiro atoms. The molecule has 0 bridgehead atoms. The summed E-state index contributed by atoms with van der Waals surface area (Å²) in [5.41, 5.74) is 4.37. The van der Waals surface area contributed by atoms with Gasteiger partial charge in [0.2, 0.25) is 0 Å². The van der Waals surface area contributed by atoms with E-state index >= 15 is 0 Å². The second kappa shape index (κ2) is 12.9. The van der Waals surface area contributed by atoms with Gasteiger partial charge < -0.3 is 19.4 Å². The third kappa shape index (κ3) is 6.67. The SMILES string of the molecule is CC.COCCN(CCOc1ccc2[nH]c(-c3cc4ccccc4[nH]c3=O)cc2c1)Cc1ccccc1. The van der Waals surface area contributed by atoms with E-state index in [2.05, 4.69) is 39.1 Å². The van der Waals surface area contributed by atoms with Crippen LogP contribution in [0.2, 0.25) is 0 Å². The van der Waals surface area contributed by atoms with E-state index in [4.69, 9.17) is 9.47 Å². The molecule has 0 fully saturated rings. The average Bonchev–Trinajstić information content (AvgIpc) is 3.36. The molecule has 6 nitrogen and oxygen atoms in total. The molecular formula is C31H35N3O3. The second-order valence-corrected chi connectivity index (χ2v) is 8.63. The summed E-state index contributed by atoms with van der Waals surface area (Å²) >= 11 is 0. The Labute approximate surface area is 217 Å². The molecule has 3 aromatic carbocycles. The van der Waals surface area contributed by atoms with Crippen molar-refractivity contribution < 1.29 is 9.47 Å². The minimum Gasteiger partial charge on any atom is -0.492 e. The smallest absolute Gasteiger partial charge is 0.257 e. The van der Waals surface area contributed by atoms with E-state index in [9.17, 15) is 4.79 Å². The van der Waals surface area contributed by atoms with Crippen molar-refractivity contribution in [2.45, 2.75) is 20.4 Å². The van der Waals surface area contributed by atoms with Gasteiger partial charge in [-0.25, -0.2) is 0 Å². The fraction of sp³-hybridized carbons (Fsp3) is 0.258. The van der Waals surface area contributed by atoms with E-state index in [0.717, 1.165) is 52.9 Å². The first kappa shape index (κ1) is 26.2. The van der Waals surface area contributed by atoms with Crippen molar-refractivity contribution in [2.24, 2.45) is 0 Å². The van der Waals surface area contributed by atoms with Crippen LogP contribution in [0.25, 0.3) is 33.1 Å². The van der Waals surface area contributed by atoms with Gasteiger partial charge in [0.25, 0.3) is 5.56 Å². The van der Waals surface area contributed by atoms with Crippen molar-refractivity contribution in [3.05, 3.63) is 101 Å². The number of benzene rings is 3. The van der Waals surface area contributed by atoms with Crippen LogP contribution in [0.5, 0.6) is 5.75 Å². The van der Waals surface area contributed by atoms with E-state index in [1.807, 2.05) is 74.5 Å². The number of pyridine rings is 1. The lowest BCUT2D eigenvalue weighted by Crippen LogP contribution is -2.31. The zero-order chi connectivity index (χ0) is 26.0. The second-order valence-electron chi connectivity index (χ2n) is 8.63. The Morgan fingerprint density at radius 2 is 1.49 bits per heavy atom. The highest BCUT2D eigenvalue weighted by Gasteiger charge is 2.11. The summed E-state index contributed by atoms with van der Waals surface area (Å²) in [4.78, 5) is 21.3. The molecule has 0 aliphatic heterocycles. The number of nitrogens with one attached hydrogen (secondary N) is 2. The Kier molecular flexibility index (Phi) is 9.13. The molecular weight excluding hydrogens is 462 g/mol. The first-order valence-electron chi connectivity index (χ1n) is 12.8. The predicted molar refractivity (Wildman–Crippen MR) is 152 cm³/mol. The van der Waals surface area contributed by atoms with Crippen LogP contribution in [0.1, 0.15) is 19.4 Å². The number of aromatic nitrogens is 2. The molecule has 0 radical (unpaired) electrons. The minimum atomic E-state index is -0.110. The fourth-order valence-corrected chi connectivity index (χ4v) is 4.32. The maximum atomic E-state index is 12.7. The summed E-state index contributed by atoms with van der Waals surface area (Å²) in [6.45, 7) is 7.74. The van der Waals surface area contributed by atoms with E-state index in [0.29, 0.717) is 18.8 Å². The van der Waals surface area contributed by atoms with E-state index in [1.54, 1.807) is 7.11 Å². The summed E-state index contributed by atoms with van der Waals surface area (Å²) in [6, 6.07) is 28.1. The molecule has 0 amide bonds. The lowest BCUT2D eigenvalue weighted by molar-refractivity contribution is 0.131. The monoisotopic (exact) mass is 497 g/mol. The van der Waals surface area contributed by atoms with Crippen molar-refractivity contribution in [3.63, 3.8) is 0 Å². The van der Waals surface area contributed by atoms with Gasteiger partial charge in [-0.1, -0.05) is 62.4 Å². The van der Waals surface area contributed by atoms with Crippen LogP contribution in [0.4, 0.5) is 0 Å². The molecule has 0 aliphatic rings. The van der Waals surface area contributed by atoms with Gasteiger partial charge in [0, 0.05) is 43.2 Å². The standard InChI is InChI=1S/C29H29N3O3.C2H6/c1-34-15-13-32(20-21-7-3-2-4-8-21)14-16-35-24-11-12-27-23(17-24)19-28(30-27)25-18-22-9-5-6-10-26(22)31-29(25)33;1-2/h2-12,17-19,30H,13-16,20H2,1H3,(H,31,33);1-2H3. The third-order valence-corrected chi connectivity index (χ3v) is 6.17. The maximum absolute atomic E-state index is 12.7. The van der Waals surface area contributed by atoms with Gasteiger partial charge in [0.05, 0.1) is 17.9 Å². The molecule has 5 aromatic rings. The van der Waals surface area contributed by atoms with Crippen molar-refractivity contribution in [2.75, 3.05) is 33.4 Å². The number of aromatic amines is 2. The third-order valence-electron chi connectivity index (χ3n) is 6.17. The zero-order valence-corrected chi connectivity index (χ0v) is 21.8. The van der Waals surface area contributed by atoms with Crippen LogP contribution in [-0.4, -0.2) is 48.3 Å². The van der Waals surface area contributed by atoms with Crippen molar-refractivity contribution >= 4 is 21.8 Å². The number of rotatable bonds is 10. The average molecular weight is 498 g/mol. The highest BCUT2D eigenvalue weighted by atomic mass is 16.5. The lowest BCUT2D eigenvalue weighted by atomic mass is 10.1. The molecule has 37 heavy (non-hydrogen) atoms. The summed E-state index contributed by atoms with van der Waals surface area (Å²) in [5, 5.41) is 2.00. The lowest BCUT2D eigenvalue weighted by Gasteiger charge is -2.22. The zero-order valence-electron chi connectivity index (χ0n) is 21.8. The van der Waals surface area contributed by atoms with E-state index in [1.165, 1.54) is 5.56 Å². The summed E-state index contributed by atoms with van der Waals surface area (Å²) in [7, 11) is 1.73. The van der Waals surface area contributed by atoms with Crippen molar-refractivity contribution in [1.29, 1.82) is 0 Å². The van der Waals surface area contributed by atoms with Crippen molar-refractivity contribution in [3.8, 4) is 17.0 Å². The number of H-pyrrole nitrogens is 2. The van der Waals surface area contributed by atoms with Crippen LogP contribution in [0.3, 0.4) is 0 Å². The van der Waals surface area contributed by atoms with Crippen LogP contribution in [0.15, 0.2) is 89.7 Å². The number of hydrogen-bond acceptors (Lipinski definition) is 4. The Morgan fingerprint density at radius 3 is 2.30 bits per heavy atom. The first-order valence-corrected chi connectivity index (χ1v) is 12.8. The molecule has 6 heteroatoms. The number of ether oxygens (including phenoxy) is 2. The fourth-order valence-electron chi connectivity index (χ4n) is 4.32. The van der Waals surface area contributed by atoms with Gasteiger partial charge in [-0.3, -0.25) is 9.69 Å².